The van der Waals surface area contributed by atoms with Gasteiger partial charge in [-0.3, -0.25) is 14.5 Å². The maximum absolute atomic E-state index is 14.9. The number of methoxy groups -OCH3 is 1. The zero-order valence-electron chi connectivity index (χ0n) is 19.2. The standard InChI is InChI=1S/C25H19F6N3O3/c1-37-15-9-19(27)21(20(28)10-15)17-12-34(22-18(26)3-2-8-32-22)24(36)16(17)11-33-23(35)13-4-6-14(7-5-13)25(29,30)31/h2-10,16-17H,11-12H2,1H3,(H,33,35)/t16?,17-/m1/s1. The second kappa shape index (κ2) is 10.1. The Hall–Kier alpha value is -4.09. The van der Waals surface area contributed by atoms with Gasteiger partial charge in [0.1, 0.15) is 17.4 Å². The fourth-order valence-corrected chi connectivity index (χ4v) is 4.22. The first-order valence-corrected chi connectivity index (χ1v) is 10.9. The van der Waals surface area contributed by atoms with Crippen molar-refractivity contribution in [2.24, 2.45) is 5.92 Å². The minimum Gasteiger partial charge on any atom is -0.497 e. The van der Waals surface area contributed by atoms with Crippen LogP contribution in [-0.4, -0.2) is 37.0 Å². The van der Waals surface area contributed by atoms with Crippen molar-refractivity contribution in [3.63, 3.8) is 0 Å². The minimum absolute atomic E-state index is 0.0946. The predicted molar refractivity (Wildman–Crippen MR) is 119 cm³/mol. The number of nitrogens with zero attached hydrogens (tertiary/aromatic N) is 2. The molecule has 1 N–H and O–H groups in total. The first-order valence-electron chi connectivity index (χ1n) is 10.9. The SMILES string of the molecule is COc1cc(F)c([C@@H]2CN(c3ncccc3F)C(=O)C2CNC(=O)c2ccc(C(F)(F)F)cc2)c(F)c1. The molecule has 1 aliphatic heterocycles. The number of aromatic nitrogens is 1. The smallest absolute Gasteiger partial charge is 0.416 e. The molecule has 1 saturated heterocycles. The molecule has 1 aromatic heterocycles. The van der Waals surface area contributed by atoms with E-state index in [1.807, 2.05) is 0 Å². The molecule has 2 atom stereocenters. The normalized spacial score (nSPS) is 17.7. The highest BCUT2D eigenvalue weighted by atomic mass is 19.4. The summed E-state index contributed by atoms with van der Waals surface area (Å²) in [4.78, 5) is 30.6. The molecule has 37 heavy (non-hydrogen) atoms. The van der Waals surface area contributed by atoms with Crippen molar-refractivity contribution in [1.29, 1.82) is 0 Å². The number of hydrogen-bond acceptors (Lipinski definition) is 4. The number of ether oxygens (including phenoxy) is 1. The maximum Gasteiger partial charge on any atom is 0.416 e. The van der Waals surface area contributed by atoms with E-state index in [1.165, 1.54) is 19.4 Å². The van der Waals surface area contributed by atoms with Crippen LogP contribution in [-0.2, 0) is 11.0 Å². The van der Waals surface area contributed by atoms with Crippen molar-refractivity contribution in [3.8, 4) is 5.75 Å². The predicted octanol–water partition coefficient (Wildman–Crippen LogP) is 4.70. The van der Waals surface area contributed by atoms with E-state index >= 15 is 0 Å². The van der Waals surface area contributed by atoms with Gasteiger partial charge in [-0.05, 0) is 36.4 Å². The number of hydrogen-bond donors (Lipinski definition) is 1. The van der Waals surface area contributed by atoms with Crippen LogP contribution < -0.4 is 15.0 Å². The van der Waals surface area contributed by atoms with Crippen molar-refractivity contribution in [3.05, 3.63) is 88.9 Å². The van der Waals surface area contributed by atoms with E-state index in [2.05, 4.69) is 10.3 Å². The van der Waals surface area contributed by atoms with Crippen LogP contribution in [0.4, 0.5) is 32.2 Å². The minimum atomic E-state index is -4.59. The van der Waals surface area contributed by atoms with Crippen LogP contribution >= 0.6 is 0 Å². The van der Waals surface area contributed by atoms with Gasteiger partial charge < -0.3 is 10.1 Å². The Balaban J connectivity index is 1.63. The van der Waals surface area contributed by atoms with Gasteiger partial charge in [0.2, 0.25) is 5.91 Å². The van der Waals surface area contributed by atoms with Gasteiger partial charge in [0.15, 0.2) is 11.6 Å². The second-order valence-electron chi connectivity index (χ2n) is 8.26. The van der Waals surface area contributed by atoms with E-state index in [4.69, 9.17) is 4.74 Å². The van der Waals surface area contributed by atoms with Gasteiger partial charge >= 0.3 is 6.18 Å². The molecule has 1 aliphatic rings. The lowest BCUT2D eigenvalue weighted by Crippen LogP contribution is -2.36. The fourth-order valence-electron chi connectivity index (χ4n) is 4.22. The van der Waals surface area contributed by atoms with Gasteiger partial charge in [-0.25, -0.2) is 18.2 Å². The number of amides is 2. The molecular weight excluding hydrogens is 504 g/mol. The van der Waals surface area contributed by atoms with Crippen molar-refractivity contribution in [2.45, 2.75) is 12.1 Å². The van der Waals surface area contributed by atoms with Gasteiger partial charge in [-0.2, -0.15) is 13.2 Å². The highest BCUT2D eigenvalue weighted by molar-refractivity contribution is 5.99. The van der Waals surface area contributed by atoms with Crippen molar-refractivity contribution in [2.75, 3.05) is 25.1 Å². The third-order valence-corrected chi connectivity index (χ3v) is 6.06. The van der Waals surface area contributed by atoms with Crippen LogP contribution in [0.25, 0.3) is 0 Å². The van der Waals surface area contributed by atoms with E-state index in [9.17, 15) is 35.9 Å². The summed E-state index contributed by atoms with van der Waals surface area (Å²) >= 11 is 0. The summed E-state index contributed by atoms with van der Waals surface area (Å²) in [6.07, 6.45) is -3.34. The van der Waals surface area contributed by atoms with Gasteiger partial charge in [0.25, 0.3) is 5.91 Å². The molecule has 0 spiro atoms. The lowest BCUT2D eigenvalue weighted by Gasteiger charge is -2.19. The van der Waals surface area contributed by atoms with Gasteiger partial charge in [0.05, 0.1) is 18.6 Å². The Morgan fingerprint density at radius 2 is 1.73 bits per heavy atom. The molecule has 0 aliphatic carbocycles. The maximum atomic E-state index is 14.9. The number of rotatable bonds is 6. The summed E-state index contributed by atoms with van der Waals surface area (Å²) < 4.78 is 87.5. The number of carbonyl (C=O) groups excluding carboxylic acids is 2. The topological polar surface area (TPSA) is 71.5 Å². The van der Waals surface area contributed by atoms with Crippen LogP contribution in [0.3, 0.4) is 0 Å². The molecule has 4 rings (SSSR count). The summed E-state index contributed by atoms with van der Waals surface area (Å²) in [6.45, 7) is -0.771. The summed E-state index contributed by atoms with van der Waals surface area (Å²) in [7, 11) is 1.22. The van der Waals surface area contributed by atoms with E-state index in [1.54, 1.807) is 0 Å². The Kier molecular flexibility index (Phi) is 7.10. The van der Waals surface area contributed by atoms with E-state index in [0.29, 0.717) is 0 Å². The van der Waals surface area contributed by atoms with E-state index < -0.39 is 64.9 Å². The summed E-state index contributed by atoms with van der Waals surface area (Å²) in [5.41, 5.74) is -1.53. The number of carbonyl (C=O) groups is 2. The molecule has 3 aromatic rings. The number of anilines is 1. The van der Waals surface area contributed by atoms with Gasteiger partial charge in [0, 0.05) is 48.5 Å². The average Bonchev–Trinajstić information content (AvgIpc) is 3.17. The van der Waals surface area contributed by atoms with E-state index in [0.717, 1.165) is 47.4 Å². The summed E-state index contributed by atoms with van der Waals surface area (Å²) in [5, 5.41) is 2.43. The number of nitrogens with one attached hydrogen (secondary N) is 1. The monoisotopic (exact) mass is 523 g/mol. The number of benzene rings is 2. The van der Waals surface area contributed by atoms with Gasteiger partial charge in [-0.1, -0.05) is 0 Å². The first-order chi connectivity index (χ1) is 17.5. The number of alkyl halides is 3. The fraction of sp³-hybridized carbons (Fsp3) is 0.240. The van der Waals surface area contributed by atoms with Crippen molar-refractivity contribution in [1.82, 2.24) is 10.3 Å². The van der Waals surface area contributed by atoms with Crippen LogP contribution in [0.1, 0.15) is 27.4 Å². The molecule has 0 saturated carbocycles. The Labute approximate surface area is 206 Å². The van der Waals surface area contributed by atoms with E-state index in [-0.39, 0.29) is 23.7 Å². The largest absolute Gasteiger partial charge is 0.497 e. The second-order valence-corrected chi connectivity index (χ2v) is 8.26. The third-order valence-electron chi connectivity index (χ3n) is 6.06. The highest BCUT2D eigenvalue weighted by Gasteiger charge is 2.45. The first kappa shape index (κ1) is 26.0. The zero-order chi connectivity index (χ0) is 26.9. The molecule has 6 nitrogen and oxygen atoms in total. The van der Waals surface area contributed by atoms with Crippen LogP contribution in [0.15, 0.2) is 54.7 Å². The van der Waals surface area contributed by atoms with Gasteiger partial charge in [-0.15, -0.1) is 0 Å². The molecule has 0 bridgehead atoms. The molecular formula is C25H19F6N3O3. The lowest BCUT2D eigenvalue weighted by atomic mass is 9.87. The molecule has 2 aromatic carbocycles. The van der Waals surface area contributed by atoms with Crippen LogP contribution in [0.5, 0.6) is 5.75 Å². The molecule has 1 unspecified atom stereocenters. The number of pyridine rings is 1. The van der Waals surface area contributed by atoms with Crippen molar-refractivity contribution < 1.29 is 40.7 Å². The molecule has 194 valence electrons. The highest BCUT2D eigenvalue weighted by Crippen LogP contribution is 2.39. The Morgan fingerprint density at radius 3 is 2.30 bits per heavy atom. The summed E-state index contributed by atoms with van der Waals surface area (Å²) in [6, 6.07) is 7.63. The third kappa shape index (κ3) is 5.23. The average molecular weight is 523 g/mol. The number of halogens is 6. The Morgan fingerprint density at radius 1 is 1.08 bits per heavy atom. The summed E-state index contributed by atoms with van der Waals surface area (Å²) in [5.74, 6) is -7.23. The zero-order valence-corrected chi connectivity index (χ0v) is 19.2. The Bertz CT molecular complexity index is 1310. The molecule has 2 amide bonds. The van der Waals surface area contributed by atoms with Crippen LogP contribution in [0, 0.1) is 23.4 Å². The molecule has 12 heteroatoms. The molecule has 2 heterocycles. The quantitative estimate of drug-likeness (QED) is 0.476. The van der Waals surface area contributed by atoms with Crippen molar-refractivity contribution >= 4 is 17.6 Å². The van der Waals surface area contributed by atoms with Crippen LogP contribution in [0.2, 0.25) is 0 Å². The molecule has 0 radical (unpaired) electrons. The lowest BCUT2D eigenvalue weighted by molar-refractivity contribution is -0.137. The molecule has 1 fully saturated rings.